The van der Waals surface area contributed by atoms with Crippen LogP contribution in [0.1, 0.15) is 31.8 Å². The molecule has 0 atom stereocenters. The molecule has 0 N–H and O–H groups in total. The Morgan fingerprint density at radius 1 is 0.500 bits per heavy atom. The Balaban J connectivity index is 1.19. The van der Waals surface area contributed by atoms with Gasteiger partial charge in [-0.2, -0.15) is 0 Å². The van der Waals surface area contributed by atoms with Crippen molar-refractivity contribution in [3.05, 3.63) is 144 Å². The van der Waals surface area contributed by atoms with E-state index in [2.05, 4.69) is 0 Å². The van der Waals surface area contributed by atoms with Gasteiger partial charge >= 0.3 is 0 Å². The average Bonchev–Trinajstić information content (AvgIpc) is 2.94. The number of carbonyl (C=O) groups excluding carboxylic acids is 2. The lowest BCUT2D eigenvalue weighted by molar-refractivity contribution is 0.103. The lowest BCUT2D eigenvalue weighted by Gasteiger charge is -2.09. The predicted octanol–water partition coefficient (Wildman–Crippen LogP) is 6.94. The van der Waals surface area contributed by atoms with Gasteiger partial charge in [-0.25, -0.2) is 0 Å². The molecule has 0 radical (unpaired) electrons. The van der Waals surface area contributed by atoms with Crippen LogP contribution in [0, 0.1) is 0 Å². The Morgan fingerprint density at radius 3 is 1.44 bits per heavy atom. The summed E-state index contributed by atoms with van der Waals surface area (Å²) in [7, 11) is 0. The molecule has 0 saturated heterocycles. The van der Waals surface area contributed by atoms with Crippen LogP contribution in [0.3, 0.4) is 0 Å². The molecule has 0 aliphatic carbocycles. The molecule has 0 amide bonds. The zero-order valence-electron chi connectivity index (χ0n) is 19.7. The summed E-state index contributed by atoms with van der Waals surface area (Å²) in [6.07, 6.45) is 6.73. The highest BCUT2D eigenvalue weighted by Gasteiger charge is 2.03. The second kappa shape index (κ2) is 12.7. The molecule has 178 valence electrons. The number of ketones is 2. The smallest absolute Gasteiger partial charge is 0.185 e. The van der Waals surface area contributed by atoms with E-state index >= 15 is 0 Å². The van der Waals surface area contributed by atoms with Crippen LogP contribution in [0.4, 0.5) is 0 Å². The second-order valence-corrected chi connectivity index (χ2v) is 7.96. The first-order valence-electron chi connectivity index (χ1n) is 11.7. The standard InChI is InChI=1S/C32H26O4/c33-31(27-9-5-2-6-10-27)22-14-26-11-17-29(18-12-26)35-23-24-36-30-19-15-28(16-20-30)32(34)21-13-25-7-3-1-4-8-25/h1-22H,23-24H2/b21-13-,22-14-. The molecule has 0 aromatic heterocycles. The number of carbonyl (C=O) groups is 2. The van der Waals surface area contributed by atoms with Gasteiger partial charge in [-0.15, -0.1) is 0 Å². The van der Waals surface area contributed by atoms with Gasteiger partial charge in [0.1, 0.15) is 24.7 Å². The van der Waals surface area contributed by atoms with Gasteiger partial charge < -0.3 is 9.47 Å². The van der Waals surface area contributed by atoms with Crippen molar-refractivity contribution in [1.29, 1.82) is 0 Å². The third-order valence-corrected chi connectivity index (χ3v) is 5.35. The minimum absolute atomic E-state index is 0.0332. The molecule has 0 fully saturated rings. The highest BCUT2D eigenvalue weighted by molar-refractivity contribution is 6.07. The highest BCUT2D eigenvalue weighted by atomic mass is 16.5. The summed E-state index contributed by atoms with van der Waals surface area (Å²) in [5, 5.41) is 0. The summed E-state index contributed by atoms with van der Waals surface area (Å²) in [4.78, 5) is 24.5. The molecule has 0 spiro atoms. The average molecular weight is 475 g/mol. The summed E-state index contributed by atoms with van der Waals surface area (Å²) < 4.78 is 11.5. The number of ether oxygens (including phenoxy) is 2. The first-order chi connectivity index (χ1) is 17.7. The van der Waals surface area contributed by atoms with Crippen molar-refractivity contribution in [2.45, 2.75) is 0 Å². The van der Waals surface area contributed by atoms with E-state index in [9.17, 15) is 9.59 Å². The summed E-state index contributed by atoms with van der Waals surface area (Å²) in [5.41, 5.74) is 3.16. The molecular formula is C32H26O4. The summed E-state index contributed by atoms with van der Waals surface area (Å²) in [5.74, 6) is 1.30. The molecule has 4 aromatic rings. The Kier molecular flexibility index (Phi) is 8.60. The van der Waals surface area contributed by atoms with Crippen molar-refractivity contribution in [2.75, 3.05) is 13.2 Å². The zero-order valence-corrected chi connectivity index (χ0v) is 19.7. The van der Waals surface area contributed by atoms with Gasteiger partial charge in [0, 0.05) is 11.1 Å². The Bertz CT molecular complexity index is 1320. The zero-order chi connectivity index (χ0) is 25.0. The Hall–Kier alpha value is -4.70. The summed E-state index contributed by atoms with van der Waals surface area (Å²) in [6, 6.07) is 33.4. The largest absolute Gasteiger partial charge is 0.490 e. The van der Waals surface area contributed by atoms with Crippen LogP contribution < -0.4 is 9.47 Å². The van der Waals surface area contributed by atoms with Gasteiger partial charge in [-0.3, -0.25) is 9.59 Å². The lowest BCUT2D eigenvalue weighted by atomic mass is 10.1. The summed E-state index contributed by atoms with van der Waals surface area (Å²) in [6.45, 7) is 0.747. The maximum atomic E-state index is 12.3. The van der Waals surface area contributed by atoms with Crippen LogP contribution in [0.25, 0.3) is 12.2 Å². The number of hydrogen-bond donors (Lipinski definition) is 0. The Labute approximate surface area is 211 Å². The highest BCUT2D eigenvalue weighted by Crippen LogP contribution is 2.16. The number of hydrogen-bond acceptors (Lipinski definition) is 4. The predicted molar refractivity (Wildman–Crippen MR) is 143 cm³/mol. The van der Waals surface area contributed by atoms with Crippen molar-refractivity contribution in [2.24, 2.45) is 0 Å². The fourth-order valence-electron chi connectivity index (χ4n) is 3.41. The molecule has 0 unspecified atom stereocenters. The quantitative estimate of drug-likeness (QED) is 0.134. The molecule has 4 aromatic carbocycles. The monoisotopic (exact) mass is 474 g/mol. The van der Waals surface area contributed by atoms with Crippen LogP contribution in [0.15, 0.2) is 121 Å². The molecule has 36 heavy (non-hydrogen) atoms. The van der Waals surface area contributed by atoms with Crippen LogP contribution >= 0.6 is 0 Å². The molecule has 0 aliphatic rings. The van der Waals surface area contributed by atoms with Crippen LogP contribution in [-0.4, -0.2) is 24.8 Å². The summed E-state index contributed by atoms with van der Waals surface area (Å²) >= 11 is 0. The molecule has 0 aliphatic heterocycles. The number of benzene rings is 4. The molecule has 4 heteroatoms. The second-order valence-electron chi connectivity index (χ2n) is 7.96. The topological polar surface area (TPSA) is 52.6 Å². The van der Waals surface area contributed by atoms with Crippen molar-refractivity contribution in [1.82, 2.24) is 0 Å². The van der Waals surface area contributed by atoms with Crippen molar-refractivity contribution >= 4 is 23.7 Å². The van der Waals surface area contributed by atoms with Crippen LogP contribution in [0.5, 0.6) is 11.5 Å². The normalized spacial score (nSPS) is 11.0. The van der Waals surface area contributed by atoms with E-state index in [-0.39, 0.29) is 11.6 Å². The van der Waals surface area contributed by atoms with Gasteiger partial charge in [0.2, 0.25) is 0 Å². The first-order valence-corrected chi connectivity index (χ1v) is 11.7. The SMILES string of the molecule is O=C(/C=C\c1ccc(OCCOc2ccc(C(=O)/C=C\c3ccccc3)cc2)cc1)c1ccccc1. The van der Waals surface area contributed by atoms with Crippen molar-refractivity contribution in [3.63, 3.8) is 0 Å². The fraction of sp³-hybridized carbons (Fsp3) is 0.0625. The van der Waals surface area contributed by atoms with Crippen molar-refractivity contribution in [3.8, 4) is 11.5 Å². The van der Waals surface area contributed by atoms with E-state index in [1.807, 2.05) is 72.8 Å². The fourth-order valence-corrected chi connectivity index (χ4v) is 3.41. The Morgan fingerprint density at radius 2 is 0.917 bits per heavy atom. The minimum Gasteiger partial charge on any atom is -0.490 e. The number of rotatable bonds is 11. The van der Waals surface area contributed by atoms with E-state index in [4.69, 9.17) is 9.47 Å². The molecule has 4 nitrogen and oxygen atoms in total. The van der Waals surface area contributed by atoms with Gasteiger partial charge in [0.05, 0.1) is 0 Å². The molecule has 0 heterocycles. The van der Waals surface area contributed by atoms with Gasteiger partial charge in [-0.1, -0.05) is 84.9 Å². The molecular weight excluding hydrogens is 448 g/mol. The third kappa shape index (κ3) is 7.40. The lowest BCUT2D eigenvalue weighted by Crippen LogP contribution is -2.09. The van der Waals surface area contributed by atoms with Gasteiger partial charge in [0.15, 0.2) is 11.6 Å². The van der Waals surface area contributed by atoms with E-state index < -0.39 is 0 Å². The van der Waals surface area contributed by atoms with Crippen LogP contribution in [0.2, 0.25) is 0 Å². The van der Waals surface area contributed by atoms with E-state index in [0.717, 1.165) is 16.9 Å². The maximum Gasteiger partial charge on any atom is 0.185 e. The number of allylic oxidation sites excluding steroid dienone is 2. The third-order valence-electron chi connectivity index (χ3n) is 5.35. The maximum absolute atomic E-state index is 12.3. The van der Waals surface area contributed by atoms with Gasteiger partial charge in [0.25, 0.3) is 0 Å². The van der Waals surface area contributed by atoms with Gasteiger partial charge in [-0.05, 0) is 59.7 Å². The molecule has 0 bridgehead atoms. The van der Waals surface area contributed by atoms with Crippen LogP contribution in [-0.2, 0) is 0 Å². The van der Waals surface area contributed by atoms with E-state index in [1.54, 1.807) is 60.7 Å². The molecule has 0 saturated carbocycles. The van der Waals surface area contributed by atoms with E-state index in [1.165, 1.54) is 0 Å². The molecule has 4 rings (SSSR count). The van der Waals surface area contributed by atoms with Crippen molar-refractivity contribution < 1.29 is 19.1 Å². The first kappa shape index (κ1) is 24.4. The minimum atomic E-state index is -0.0588. The van der Waals surface area contributed by atoms with E-state index in [0.29, 0.717) is 30.1 Å².